The quantitative estimate of drug-likeness (QED) is 0.724. The van der Waals surface area contributed by atoms with Gasteiger partial charge in [0.1, 0.15) is 0 Å². The van der Waals surface area contributed by atoms with Gasteiger partial charge in [0.15, 0.2) is 6.29 Å². The van der Waals surface area contributed by atoms with E-state index in [1.165, 1.54) is 19.2 Å². The van der Waals surface area contributed by atoms with Crippen molar-refractivity contribution >= 4 is 18.2 Å². The van der Waals surface area contributed by atoms with Gasteiger partial charge in [-0.05, 0) is 11.6 Å². The number of carbonyl (C=O) groups is 3. The normalized spacial score (nSPS) is 9.56. The Morgan fingerprint density at radius 3 is 2.62 bits per heavy atom. The SMILES string of the molecule is CNC(=O)c1cccc(CC(=O)O)c1C=O. The average Bonchev–Trinajstić information content (AvgIpc) is 2.27. The number of rotatable bonds is 4. The van der Waals surface area contributed by atoms with Crippen LogP contribution in [0.15, 0.2) is 18.2 Å². The number of carbonyl (C=O) groups excluding carboxylic acids is 2. The molecule has 0 saturated heterocycles. The fraction of sp³-hybridized carbons (Fsp3) is 0.182. The van der Waals surface area contributed by atoms with E-state index in [0.29, 0.717) is 11.8 Å². The summed E-state index contributed by atoms with van der Waals surface area (Å²) < 4.78 is 0. The zero-order chi connectivity index (χ0) is 12.1. The van der Waals surface area contributed by atoms with Crippen molar-refractivity contribution in [1.82, 2.24) is 5.32 Å². The summed E-state index contributed by atoms with van der Waals surface area (Å²) in [7, 11) is 1.45. The minimum atomic E-state index is -1.04. The van der Waals surface area contributed by atoms with Crippen molar-refractivity contribution < 1.29 is 19.5 Å². The molecule has 84 valence electrons. The van der Waals surface area contributed by atoms with E-state index in [4.69, 9.17) is 5.11 Å². The molecule has 0 bridgehead atoms. The van der Waals surface area contributed by atoms with Crippen LogP contribution in [0.25, 0.3) is 0 Å². The zero-order valence-corrected chi connectivity index (χ0v) is 8.69. The number of aliphatic carboxylic acids is 1. The molecule has 0 aliphatic heterocycles. The Bertz CT molecular complexity index is 440. The van der Waals surface area contributed by atoms with Crippen LogP contribution in [0.4, 0.5) is 0 Å². The van der Waals surface area contributed by atoms with Gasteiger partial charge < -0.3 is 10.4 Å². The van der Waals surface area contributed by atoms with E-state index in [-0.39, 0.29) is 17.5 Å². The molecule has 1 rings (SSSR count). The van der Waals surface area contributed by atoms with Crippen molar-refractivity contribution in [1.29, 1.82) is 0 Å². The highest BCUT2D eigenvalue weighted by Gasteiger charge is 2.14. The number of amides is 1. The summed E-state index contributed by atoms with van der Waals surface area (Å²) in [5, 5.41) is 11.0. The summed E-state index contributed by atoms with van der Waals surface area (Å²) in [4.78, 5) is 32.9. The molecule has 2 N–H and O–H groups in total. The van der Waals surface area contributed by atoms with Crippen LogP contribution in [0, 0.1) is 0 Å². The van der Waals surface area contributed by atoms with E-state index in [2.05, 4.69) is 5.32 Å². The number of benzene rings is 1. The Labute approximate surface area is 92.1 Å². The molecule has 0 fully saturated rings. The number of aldehydes is 1. The zero-order valence-electron chi connectivity index (χ0n) is 8.69. The van der Waals surface area contributed by atoms with Gasteiger partial charge in [0.05, 0.1) is 12.0 Å². The smallest absolute Gasteiger partial charge is 0.307 e. The lowest BCUT2D eigenvalue weighted by molar-refractivity contribution is -0.136. The Morgan fingerprint density at radius 1 is 1.44 bits per heavy atom. The van der Waals surface area contributed by atoms with Gasteiger partial charge in [0, 0.05) is 12.6 Å². The Morgan fingerprint density at radius 2 is 2.12 bits per heavy atom. The highest BCUT2D eigenvalue weighted by molar-refractivity contribution is 6.02. The van der Waals surface area contributed by atoms with Gasteiger partial charge in [-0.2, -0.15) is 0 Å². The standard InChI is InChI=1S/C11H11NO4/c1-12-11(16)8-4-2-3-7(5-10(14)15)9(8)6-13/h2-4,6H,5H2,1H3,(H,12,16)(H,14,15). The van der Waals surface area contributed by atoms with Crippen LogP contribution in [-0.4, -0.2) is 30.3 Å². The maximum atomic E-state index is 11.4. The summed E-state index contributed by atoms with van der Waals surface area (Å²) in [6, 6.07) is 4.55. The first kappa shape index (κ1) is 11.9. The molecule has 0 atom stereocenters. The second kappa shape index (κ2) is 5.06. The van der Waals surface area contributed by atoms with E-state index in [0.717, 1.165) is 0 Å². The molecular formula is C11H11NO4. The first-order valence-corrected chi connectivity index (χ1v) is 4.61. The van der Waals surface area contributed by atoms with Gasteiger partial charge in [0.2, 0.25) is 0 Å². The summed E-state index contributed by atoms with van der Waals surface area (Å²) in [6.07, 6.45) is 0.224. The molecule has 5 nitrogen and oxygen atoms in total. The topological polar surface area (TPSA) is 83.5 Å². The van der Waals surface area contributed by atoms with Crippen LogP contribution >= 0.6 is 0 Å². The molecule has 1 aromatic carbocycles. The summed E-state index contributed by atoms with van der Waals surface area (Å²) in [6.45, 7) is 0. The van der Waals surface area contributed by atoms with Gasteiger partial charge in [0.25, 0.3) is 5.91 Å². The molecule has 1 aromatic rings. The molecule has 0 unspecified atom stereocenters. The second-order valence-electron chi connectivity index (χ2n) is 3.15. The van der Waals surface area contributed by atoms with Crippen LogP contribution in [0.5, 0.6) is 0 Å². The molecule has 0 spiro atoms. The van der Waals surface area contributed by atoms with Gasteiger partial charge in [-0.1, -0.05) is 12.1 Å². The number of hydrogen-bond donors (Lipinski definition) is 2. The van der Waals surface area contributed by atoms with E-state index >= 15 is 0 Å². The second-order valence-corrected chi connectivity index (χ2v) is 3.15. The van der Waals surface area contributed by atoms with Crippen molar-refractivity contribution in [2.24, 2.45) is 0 Å². The Hall–Kier alpha value is -2.17. The number of carboxylic acids is 1. The summed E-state index contributed by atoms with van der Waals surface area (Å²) in [5.74, 6) is -1.45. The molecule has 0 aliphatic carbocycles. The molecular weight excluding hydrogens is 210 g/mol. The molecule has 16 heavy (non-hydrogen) atoms. The molecule has 1 amide bonds. The fourth-order valence-corrected chi connectivity index (χ4v) is 1.40. The van der Waals surface area contributed by atoms with E-state index in [1.807, 2.05) is 0 Å². The highest BCUT2D eigenvalue weighted by Crippen LogP contribution is 2.13. The van der Waals surface area contributed by atoms with Gasteiger partial charge in [-0.15, -0.1) is 0 Å². The predicted octanol–water partition coefficient (Wildman–Crippen LogP) is 0.486. The van der Waals surface area contributed by atoms with Gasteiger partial charge in [-0.3, -0.25) is 14.4 Å². The lowest BCUT2D eigenvalue weighted by atomic mass is 9.99. The van der Waals surface area contributed by atoms with Crippen molar-refractivity contribution in [3.05, 3.63) is 34.9 Å². The third-order valence-corrected chi connectivity index (χ3v) is 2.13. The minimum absolute atomic E-state index is 0.129. The molecule has 0 heterocycles. The molecule has 0 radical (unpaired) electrons. The lowest BCUT2D eigenvalue weighted by Crippen LogP contribution is -2.20. The third kappa shape index (κ3) is 2.44. The first-order chi connectivity index (χ1) is 7.60. The summed E-state index contributed by atoms with van der Waals surface area (Å²) in [5.41, 5.74) is 0.657. The van der Waals surface area contributed by atoms with E-state index < -0.39 is 11.9 Å². The fourth-order valence-electron chi connectivity index (χ4n) is 1.40. The van der Waals surface area contributed by atoms with Crippen LogP contribution in [0.2, 0.25) is 0 Å². The van der Waals surface area contributed by atoms with Gasteiger partial charge >= 0.3 is 5.97 Å². The van der Waals surface area contributed by atoms with Crippen LogP contribution in [-0.2, 0) is 11.2 Å². The molecule has 5 heteroatoms. The first-order valence-electron chi connectivity index (χ1n) is 4.61. The van der Waals surface area contributed by atoms with E-state index in [1.54, 1.807) is 6.07 Å². The molecule has 0 aliphatic rings. The molecule has 0 aromatic heterocycles. The van der Waals surface area contributed by atoms with Crippen LogP contribution < -0.4 is 5.32 Å². The van der Waals surface area contributed by atoms with E-state index in [9.17, 15) is 14.4 Å². The van der Waals surface area contributed by atoms with Crippen molar-refractivity contribution in [2.45, 2.75) is 6.42 Å². The average molecular weight is 221 g/mol. The van der Waals surface area contributed by atoms with Crippen LogP contribution in [0.3, 0.4) is 0 Å². The summed E-state index contributed by atoms with van der Waals surface area (Å²) >= 11 is 0. The number of carboxylic acid groups (broad SMARTS) is 1. The van der Waals surface area contributed by atoms with Crippen molar-refractivity contribution in [3.8, 4) is 0 Å². The van der Waals surface area contributed by atoms with Crippen LogP contribution in [0.1, 0.15) is 26.3 Å². The maximum Gasteiger partial charge on any atom is 0.307 e. The highest BCUT2D eigenvalue weighted by atomic mass is 16.4. The Kier molecular flexibility index (Phi) is 3.77. The largest absolute Gasteiger partial charge is 0.481 e. The number of hydrogen-bond acceptors (Lipinski definition) is 3. The minimum Gasteiger partial charge on any atom is -0.481 e. The molecule has 0 saturated carbocycles. The number of nitrogens with one attached hydrogen (secondary N) is 1. The maximum absolute atomic E-state index is 11.4. The predicted molar refractivity (Wildman–Crippen MR) is 56.6 cm³/mol. The van der Waals surface area contributed by atoms with Gasteiger partial charge in [-0.25, -0.2) is 0 Å². The van der Waals surface area contributed by atoms with Crippen molar-refractivity contribution in [3.63, 3.8) is 0 Å². The lowest BCUT2D eigenvalue weighted by Gasteiger charge is -2.07. The van der Waals surface area contributed by atoms with Crippen molar-refractivity contribution in [2.75, 3.05) is 7.05 Å². The Balaban J connectivity index is 3.25. The third-order valence-electron chi connectivity index (χ3n) is 2.13. The monoisotopic (exact) mass is 221 g/mol.